The van der Waals surface area contributed by atoms with Crippen molar-refractivity contribution in [2.75, 3.05) is 26.1 Å². The third kappa shape index (κ3) is 4.23. The van der Waals surface area contributed by atoms with Gasteiger partial charge in [-0.2, -0.15) is 4.31 Å². The quantitative estimate of drug-likeness (QED) is 0.554. The molecule has 1 atom stereocenters. The lowest BCUT2D eigenvalue weighted by atomic mass is 9.99. The van der Waals surface area contributed by atoms with E-state index in [9.17, 15) is 22.8 Å². The minimum atomic E-state index is -3.96. The van der Waals surface area contributed by atoms with Gasteiger partial charge in [0.2, 0.25) is 15.9 Å². The number of nitrogens with one attached hydrogen (secondary N) is 1. The van der Waals surface area contributed by atoms with Crippen LogP contribution in [0.1, 0.15) is 15.9 Å². The molecule has 0 spiro atoms. The molecule has 1 unspecified atom stereocenters. The van der Waals surface area contributed by atoms with E-state index in [0.29, 0.717) is 11.3 Å². The molecule has 2 aromatic carbocycles. The summed E-state index contributed by atoms with van der Waals surface area (Å²) in [5.41, 5.74) is 1.10. The van der Waals surface area contributed by atoms with Crippen LogP contribution in [0.2, 0.25) is 0 Å². The summed E-state index contributed by atoms with van der Waals surface area (Å²) in [7, 11) is -1.33. The normalized spacial score (nSPS) is 18.2. The average molecular weight is 428 g/mol. The second-order valence-electron chi connectivity index (χ2n) is 6.63. The number of likely N-dealkylation sites (N-methyl/N-ethyl adjacent to an activating group) is 1. The Labute approximate surface area is 174 Å². The molecule has 1 amide bonds. The summed E-state index contributed by atoms with van der Waals surface area (Å²) in [6.45, 7) is -0.0926. The van der Waals surface area contributed by atoms with Gasteiger partial charge in [-0.15, -0.1) is 0 Å². The van der Waals surface area contributed by atoms with Crippen molar-refractivity contribution in [1.82, 2.24) is 4.31 Å². The molecule has 0 aromatic heterocycles. The monoisotopic (exact) mass is 428 g/mol. The number of nitrogens with zero attached hydrogens (tertiary/aromatic N) is 1. The first-order valence-electron chi connectivity index (χ1n) is 8.98. The summed E-state index contributed by atoms with van der Waals surface area (Å²) in [6, 6.07) is 11.1. The van der Waals surface area contributed by atoms with Gasteiger partial charge < -0.3 is 10.1 Å². The van der Waals surface area contributed by atoms with Crippen LogP contribution in [0, 0.1) is 0 Å². The van der Waals surface area contributed by atoms with Crippen LogP contribution >= 0.6 is 0 Å². The van der Waals surface area contributed by atoms with Crippen molar-refractivity contribution in [1.29, 1.82) is 0 Å². The lowest BCUT2D eigenvalue weighted by molar-refractivity contribution is -0.119. The molecule has 8 nitrogen and oxygen atoms in total. The molecule has 156 valence electrons. The number of benzene rings is 2. The molecule has 1 heterocycles. The first-order chi connectivity index (χ1) is 14.3. The number of hydrogen-bond acceptors (Lipinski definition) is 6. The minimum Gasteiger partial charge on any atom is -0.375 e. The maximum Gasteiger partial charge on any atom is 0.250 e. The highest BCUT2D eigenvalue weighted by molar-refractivity contribution is 7.89. The van der Waals surface area contributed by atoms with Crippen LogP contribution < -0.4 is 5.32 Å². The van der Waals surface area contributed by atoms with Crippen molar-refractivity contribution in [3.63, 3.8) is 0 Å². The van der Waals surface area contributed by atoms with Gasteiger partial charge in [-0.1, -0.05) is 30.3 Å². The number of methoxy groups -OCH3 is 1. The number of carbonyl (C=O) groups is 3. The highest BCUT2D eigenvalue weighted by atomic mass is 32.2. The van der Waals surface area contributed by atoms with Crippen LogP contribution in [0.4, 0.5) is 5.69 Å². The third-order valence-electron chi connectivity index (χ3n) is 4.58. The maximum atomic E-state index is 12.8. The van der Waals surface area contributed by atoms with Crippen molar-refractivity contribution in [3.05, 3.63) is 65.7 Å². The molecule has 0 fully saturated rings. The number of fused-ring (bicyclic) bond motifs is 1. The van der Waals surface area contributed by atoms with E-state index in [1.165, 1.54) is 44.5 Å². The summed E-state index contributed by atoms with van der Waals surface area (Å²) in [5, 5.41) is 2.65. The van der Waals surface area contributed by atoms with Crippen LogP contribution in [-0.4, -0.2) is 57.0 Å². The Morgan fingerprint density at radius 2 is 1.90 bits per heavy atom. The Balaban J connectivity index is 1.83. The van der Waals surface area contributed by atoms with Gasteiger partial charge in [0.15, 0.2) is 17.6 Å². The zero-order chi connectivity index (χ0) is 21.9. The summed E-state index contributed by atoms with van der Waals surface area (Å²) in [4.78, 5) is 37.0. The van der Waals surface area contributed by atoms with Gasteiger partial charge in [-0.3, -0.25) is 14.4 Å². The van der Waals surface area contributed by atoms with Crippen LogP contribution in [0.25, 0.3) is 6.08 Å². The Bertz CT molecular complexity index is 1140. The lowest BCUT2D eigenvalue weighted by Crippen LogP contribution is -2.50. The zero-order valence-electron chi connectivity index (χ0n) is 16.4. The highest BCUT2D eigenvalue weighted by Gasteiger charge is 2.44. The summed E-state index contributed by atoms with van der Waals surface area (Å²) in [5.74, 6) is -1.56. The first kappa shape index (κ1) is 21.6. The summed E-state index contributed by atoms with van der Waals surface area (Å²) < 4.78 is 30.9. The molecule has 0 bridgehead atoms. The predicted molar refractivity (Wildman–Crippen MR) is 110 cm³/mol. The first-order valence-corrected chi connectivity index (χ1v) is 10.4. The molecule has 0 aliphatic carbocycles. The molecule has 0 saturated carbocycles. The van der Waals surface area contributed by atoms with E-state index in [4.69, 9.17) is 4.74 Å². The molecular weight excluding hydrogens is 408 g/mol. The average Bonchev–Trinajstić information content (AvgIpc) is 2.72. The van der Waals surface area contributed by atoms with Gasteiger partial charge >= 0.3 is 0 Å². The fourth-order valence-corrected chi connectivity index (χ4v) is 4.61. The Morgan fingerprint density at radius 3 is 2.63 bits per heavy atom. The maximum absolute atomic E-state index is 12.8. The van der Waals surface area contributed by atoms with Gasteiger partial charge in [0.1, 0.15) is 6.61 Å². The van der Waals surface area contributed by atoms with E-state index < -0.39 is 27.6 Å². The number of Topliss-reactive ketones (excluding diaryl/α,β-unsaturated/α-hetero) is 1. The molecule has 0 radical (unpaired) electrons. The van der Waals surface area contributed by atoms with Crippen molar-refractivity contribution in [2.45, 2.75) is 10.9 Å². The number of carbonyl (C=O) groups excluding carboxylic acids is 3. The third-order valence-corrected chi connectivity index (χ3v) is 6.46. The van der Waals surface area contributed by atoms with Crippen molar-refractivity contribution in [3.8, 4) is 0 Å². The molecular formula is C21H20N2O6S. The van der Waals surface area contributed by atoms with Crippen molar-refractivity contribution < 1.29 is 27.5 Å². The van der Waals surface area contributed by atoms with E-state index in [2.05, 4.69) is 5.32 Å². The van der Waals surface area contributed by atoms with Gasteiger partial charge in [0.25, 0.3) is 0 Å². The van der Waals surface area contributed by atoms with Gasteiger partial charge in [-0.25, -0.2) is 8.42 Å². The van der Waals surface area contributed by atoms with E-state index >= 15 is 0 Å². The molecule has 0 saturated heterocycles. The SMILES string of the molecule is COCC(=O)Nc1cccc(C=CC(=O)C2C(=O)c3ccccc3S(=O)(=O)N2C)c1. The molecule has 2 aromatic rings. The van der Waals surface area contributed by atoms with E-state index in [-0.39, 0.29) is 23.0 Å². The second kappa shape index (κ2) is 8.70. The standard InChI is InChI=1S/C21H20N2O6S/c1-23-20(21(26)16-8-3-4-9-18(16)30(23,27)28)17(24)11-10-14-6-5-7-15(12-14)22-19(25)13-29-2/h3-12,20H,13H2,1-2H3,(H,22,25). The summed E-state index contributed by atoms with van der Waals surface area (Å²) in [6.07, 6.45) is 2.63. The van der Waals surface area contributed by atoms with E-state index in [0.717, 1.165) is 4.31 Å². The number of ether oxygens (including phenoxy) is 1. The minimum absolute atomic E-state index is 0.00482. The molecule has 1 aliphatic rings. The Kier molecular flexibility index (Phi) is 6.25. The molecule has 3 rings (SSSR count). The number of anilines is 1. The molecule has 1 aliphatic heterocycles. The predicted octanol–water partition coefficient (Wildman–Crippen LogP) is 1.74. The van der Waals surface area contributed by atoms with Crippen LogP contribution in [0.15, 0.2) is 59.5 Å². The van der Waals surface area contributed by atoms with Crippen molar-refractivity contribution in [2.24, 2.45) is 0 Å². The molecule has 30 heavy (non-hydrogen) atoms. The fraction of sp³-hybridized carbons (Fsp3) is 0.190. The number of rotatable bonds is 6. The van der Waals surface area contributed by atoms with Crippen LogP contribution in [0.3, 0.4) is 0 Å². The highest BCUT2D eigenvalue weighted by Crippen LogP contribution is 2.29. The smallest absolute Gasteiger partial charge is 0.250 e. The van der Waals surface area contributed by atoms with Crippen LogP contribution in [-0.2, 0) is 24.3 Å². The Hall–Kier alpha value is -3.14. The Morgan fingerprint density at radius 1 is 1.17 bits per heavy atom. The molecule has 9 heteroatoms. The van der Waals surface area contributed by atoms with Crippen molar-refractivity contribution >= 4 is 39.3 Å². The molecule has 1 N–H and O–H groups in total. The van der Waals surface area contributed by atoms with Gasteiger partial charge in [0.05, 0.1) is 4.90 Å². The van der Waals surface area contributed by atoms with Crippen LogP contribution in [0.5, 0.6) is 0 Å². The topological polar surface area (TPSA) is 110 Å². The fourth-order valence-electron chi connectivity index (χ4n) is 3.13. The lowest BCUT2D eigenvalue weighted by Gasteiger charge is -2.30. The zero-order valence-corrected chi connectivity index (χ0v) is 17.2. The van der Waals surface area contributed by atoms with E-state index in [1.54, 1.807) is 30.3 Å². The van der Waals surface area contributed by atoms with E-state index in [1.807, 2.05) is 0 Å². The number of sulfonamides is 1. The summed E-state index contributed by atoms with van der Waals surface area (Å²) >= 11 is 0. The van der Waals surface area contributed by atoms with Gasteiger partial charge in [-0.05, 0) is 35.9 Å². The second-order valence-corrected chi connectivity index (χ2v) is 8.59. The number of ketones is 2. The van der Waals surface area contributed by atoms with Gasteiger partial charge in [0, 0.05) is 25.4 Å². The number of amides is 1. The largest absolute Gasteiger partial charge is 0.375 e. The number of hydrogen-bond donors (Lipinski definition) is 1.